The highest BCUT2D eigenvalue weighted by Gasteiger charge is 2.27. The molecule has 1 aliphatic rings. The van der Waals surface area contributed by atoms with E-state index < -0.39 is 9.84 Å². The fourth-order valence-electron chi connectivity index (χ4n) is 3.06. The fraction of sp³-hybridized carbons (Fsp3) is 0.412. The van der Waals surface area contributed by atoms with Gasteiger partial charge >= 0.3 is 0 Å². The largest absolute Gasteiger partial charge is 0.337 e. The summed E-state index contributed by atoms with van der Waals surface area (Å²) in [4.78, 5) is 18.9. The van der Waals surface area contributed by atoms with E-state index in [1.165, 1.54) is 17.6 Å². The zero-order chi connectivity index (χ0) is 17.2. The molecule has 0 radical (unpaired) electrons. The summed E-state index contributed by atoms with van der Waals surface area (Å²) in [5.41, 5.74) is 1.44. The van der Waals surface area contributed by atoms with Gasteiger partial charge in [-0.15, -0.1) is 11.3 Å². The summed E-state index contributed by atoms with van der Waals surface area (Å²) in [5.74, 6) is 0.0555. The third-order valence-corrected chi connectivity index (χ3v) is 6.06. The van der Waals surface area contributed by atoms with Crippen LogP contribution >= 0.6 is 11.3 Å². The van der Waals surface area contributed by atoms with Gasteiger partial charge in [-0.2, -0.15) is 0 Å². The zero-order valence-corrected chi connectivity index (χ0v) is 15.1. The van der Waals surface area contributed by atoms with Crippen LogP contribution in [0.2, 0.25) is 0 Å². The van der Waals surface area contributed by atoms with Gasteiger partial charge in [-0.1, -0.05) is 30.3 Å². The monoisotopic (exact) mass is 364 g/mol. The Morgan fingerprint density at radius 1 is 1.33 bits per heavy atom. The summed E-state index contributed by atoms with van der Waals surface area (Å²) in [6.45, 7) is 1.15. The van der Waals surface area contributed by atoms with Crippen LogP contribution in [-0.2, 0) is 9.84 Å². The Morgan fingerprint density at radius 3 is 2.79 bits per heavy atom. The molecule has 0 saturated carbocycles. The average Bonchev–Trinajstić information content (AvgIpc) is 3.03. The van der Waals surface area contributed by atoms with Crippen molar-refractivity contribution in [2.75, 3.05) is 25.1 Å². The van der Waals surface area contributed by atoms with Crippen LogP contribution in [0, 0.1) is 5.92 Å². The van der Waals surface area contributed by atoms with Crippen molar-refractivity contribution < 1.29 is 13.2 Å². The molecule has 1 aromatic carbocycles. The van der Waals surface area contributed by atoms with Crippen molar-refractivity contribution in [3.63, 3.8) is 0 Å². The van der Waals surface area contributed by atoms with Gasteiger partial charge in [-0.05, 0) is 18.8 Å². The molecule has 0 bridgehead atoms. The van der Waals surface area contributed by atoms with Gasteiger partial charge in [0.2, 0.25) is 0 Å². The molecule has 3 rings (SSSR count). The summed E-state index contributed by atoms with van der Waals surface area (Å²) in [6.07, 6.45) is 2.94. The summed E-state index contributed by atoms with van der Waals surface area (Å²) < 4.78 is 23.0. The number of carbonyl (C=O) groups is 1. The molecule has 128 valence electrons. The highest BCUT2D eigenvalue weighted by atomic mass is 32.2. The number of nitrogens with zero attached hydrogens (tertiary/aromatic N) is 2. The highest BCUT2D eigenvalue weighted by molar-refractivity contribution is 7.90. The Bertz CT molecular complexity index is 815. The van der Waals surface area contributed by atoms with Gasteiger partial charge in [0.25, 0.3) is 5.91 Å². The van der Waals surface area contributed by atoms with Crippen LogP contribution in [-0.4, -0.2) is 49.3 Å². The van der Waals surface area contributed by atoms with Gasteiger partial charge in [0.1, 0.15) is 20.5 Å². The van der Waals surface area contributed by atoms with E-state index in [-0.39, 0.29) is 17.6 Å². The molecule has 0 spiro atoms. The summed E-state index contributed by atoms with van der Waals surface area (Å²) in [7, 11) is -3.02. The molecule has 1 atom stereocenters. The topological polar surface area (TPSA) is 67.3 Å². The Kier molecular flexibility index (Phi) is 5.01. The van der Waals surface area contributed by atoms with Crippen LogP contribution in [0.15, 0.2) is 35.7 Å². The SMILES string of the molecule is CS(=O)(=O)C[C@@H]1CCCN(C(=O)c2csc(-c3ccccc3)n2)C1. The molecule has 0 N–H and O–H groups in total. The normalized spacial score (nSPS) is 18.5. The van der Waals surface area contributed by atoms with E-state index in [1.54, 1.807) is 10.3 Å². The van der Waals surface area contributed by atoms with Crippen LogP contribution in [0.1, 0.15) is 23.3 Å². The minimum absolute atomic E-state index is 0.0185. The molecule has 2 aromatic rings. The molecule has 2 heterocycles. The highest BCUT2D eigenvalue weighted by Crippen LogP contribution is 2.25. The maximum absolute atomic E-state index is 12.7. The molecular weight excluding hydrogens is 344 g/mol. The van der Waals surface area contributed by atoms with Gasteiger partial charge in [-0.25, -0.2) is 13.4 Å². The third kappa shape index (κ3) is 4.21. The van der Waals surface area contributed by atoms with Crippen LogP contribution < -0.4 is 0 Å². The molecule has 1 aliphatic heterocycles. The summed E-state index contributed by atoms with van der Waals surface area (Å²) in [5, 5.41) is 2.61. The lowest BCUT2D eigenvalue weighted by atomic mass is 10.00. The molecule has 1 aromatic heterocycles. The number of likely N-dealkylation sites (tertiary alicyclic amines) is 1. The number of sulfone groups is 1. The second kappa shape index (κ2) is 7.03. The first-order chi connectivity index (χ1) is 11.4. The minimum Gasteiger partial charge on any atom is -0.337 e. The van der Waals surface area contributed by atoms with E-state index in [2.05, 4.69) is 4.98 Å². The van der Waals surface area contributed by atoms with E-state index in [0.29, 0.717) is 18.8 Å². The van der Waals surface area contributed by atoms with Gasteiger partial charge in [-0.3, -0.25) is 4.79 Å². The van der Waals surface area contributed by atoms with E-state index >= 15 is 0 Å². The quantitative estimate of drug-likeness (QED) is 0.836. The van der Waals surface area contributed by atoms with Gasteiger partial charge in [0.05, 0.1) is 5.75 Å². The number of aromatic nitrogens is 1. The maximum Gasteiger partial charge on any atom is 0.273 e. The van der Waals surface area contributed by atoms with Crippen molar-refractivity contribution >= 4 is 27.1 Å². The minimum atomic E-state index is -3.02. The second-order valence-corrected chi connectivity index (χ2v) is 9.30. The lowest BCUT2D eigenvalue weighted by Gasteiger charge is -2.32. The number of carbonyl (C=O) groups excluding carboxylic acids is 1. The molecule has 5 nitrogen and oxygen atoms in total. The van der Waals surface area contributed by atoms with Crippen LogP contribution in [0.4, 0.5) is 0 Å². The lowest BCUT2D eigenvalue weighted by molar-refractivity contribution is 0.0679. The lowest BCUT2D eigenvalue weighted by Crippen LogP contribution is -2.41. The number of hydrogen-bond donors (Lipinski definition) is 0. The maximum atomic E-state index is 12.7. The molecule has 1 amide bonds. The Balaban J connectivity index is 1.71. The number of hydrogen-bond acceptors (Lipinski definition) is 5. The zero-order valence-electron chi connectivity index (χ0n) is 13.5. The molecule has 24 heavy (non-hydrogen) atoms. The van der Waals surface area contributed by atoms with Crippen LogP contribution in [0.25, 0.3) is 10.6 Å². The van der Waals surface area contributed by atoms with Crippen molar-refractivity contribution in [2.45, 2.75) is 12.8 Å². The number of piperidine rings is 1. The van der Waals surface area contributed by atoms with Gasteiger partial charge < -0.3 is 4.90 Å². The predicted octanol–water partition coefficient (Wildman–Crippen LogP) is 2.71. The van der Waals surface area contributed by atoms with Gasteiger partial charge in [0.15, 0.2) is 0 Å². The fourth-order valence-corrected chi connectivity index (χ4v) is 4.99. The predicted molar refractivity (Wildman–Crippen MR) is 95.9 cm³/mol. The van der Waals surface area contributed by atoms with Crippen LogP contribution in [0.3, 0.4) is 0 Å². The first-order valence-electron chi connectivity index (χ1n) is 7.90. The molecular formula is C17H20N2O3S2. The first kappa shape index (κ1) is 17.1. The second-order valence-electron chi connectivity index (χ2n) is 6.26. The average molecular weight is 364 g/mol. The van der Waals surface area contributed by atoms with Crippen molar-refractivity contribution in [2.24, 2.45) is 5.92 Å². The third-order valence-electron chi connectivity index (χ3n) is 4.09. The molecule has 1 saturated heterocycles. The Labute approximate surface area is 146 Å². The number of rotatable bonds is 4. The standard InChI is InChI=1S/C17H20N2O3S2/c1-24(21,22)12-13-6-5-9-19(10-13)17(20)15-11-23-16(18-15)14-7-3-2-4-8-14/h2-4,7-8,11,13H,5-6,9-10,12H2,1H3/t13-/m1/s1. The van der Waals surface area contributed by atoms with E-state index in [4.69, 9.17) is 0 Å². The van der Waals surface area contributed by atoms with E-state index in [9.17, 15) is 13.2 Å². The molecule has 0 unspecified atom stereocenters. The van der Waals surface area contributed by atoms with E-state index in [0.717, 1.165) is 23.4 Å². The molecule has 7 heteroatoms. The number of thiazole rings is 1. The Hall–Kier alpha value is -1.73. The van der Waals surface area contributed by atoms with Crippen molar-refractivity contribution in [1.82, 2.24) is 9.88 Å². The van der Waals surface area contributed by atoms with E-state index in [1.807, 2.05) is 30.3 Å². The van der Waals surface area contributed by atoms with Crippen molar-refractivity contribution in [3.8, 4) is 10.6 Å². The number of amides is 1. The number of benzene rings is 1. The summed E-state index contributed by atoms with van der Waals surface area (Å²) >= 11 is 1.45. The molecule has 1 fully saturated rings. The van der Waals surface area contributed by atoms with Crippen LogP contribution in [0.5, 0.6) is 0 Å². The Morgan fingerprint density at radius 2 is 2.08 bits per heavy atom. The van der Waals surface area contributed by atoms with Crippen molar-refractivity contribution in [1.29, 1.82) is 0 Å². The van der Waals surface area contributed by atoms with Crippen molar-refractivity contribution in [3.05, 3.63) is 41.4 Å². The smallest absolute Gasteiger partial charge is 0.273 e. The van der Waals surface area contributed by atoms with Gasteiger partial charge in [0, 0.05) is 30.3 Å². The first-order valence-corrected chi connectivity index (χ1v) is 10.8. The summed E-state index contributed by atoms with van der Waals surface area (Å²) in [6, 6.07) is 9.77. The molecule has 0 aliphatic carbocycles.